The molecule has 36 valence electrons. The lowest BCUT2D eigenvalue weighted by Crippen LogP contribution is -1.96. The van der Waals surface area contributed by atoms with Crippen LogP contribution in [0, 0.1) is 0 Å². The van der Waals surface area contributed by atoms with E-state index < -0.39 is 0 Å². The van der Waals surface area contributed by atoms with Crippen molar-refractivity contribution >= 4 is 31.1 Å². The zero-order valence-corrected chi connectivity index (χ0v) is 7.28. The predicted molar refractivity (Wildman–Crippen MR) is 36.6 cm³/mol. The van der Waals surface area contributed by atoms with Crippen LogP contribution in [0.2, 0.25) is 0 Å². The minimum Gasteiger partial charge on any atom is -0.297 e. The number of allylic oxidation sites excluding steroid dienone is 1. The summed E-state index contributed by atoms with van der Waals surface area (Å²) < 4.78 is 2.41. The summed E-state index contributed by atoms with van der Waals surface area (Å²) in [5.74, 6) is 0. The fourth-order valence-electron chi connectivity index (χ4n) is 0.694. The Balaban J connectivity index is 2.23. The Labute approximate surface area is 60.0 Å². The van der Waals surface area contributed by atoms with Crippen molar-refractivity contribution in [2.24, 2.45) is 0 Å². The van der Waals surface area contributed by atoms with Gasteiger partial charge < -0.3 is 0 Å². The van der Waals surface area contributed by atoms with Crippen LogP contribution >= 0.6 is 12.9 Å². The second-order valence-corrected chi connectivity index (χ2v) is 4.53. The first-order valence-corrected chi connectivity index (χ1v) is 7.39. The maximum atomic E-state index is 3.49. The van der Waals surface area contributed by atoms with Gasteiger partial charge in [-0.2, -0.15) is 4.21 Å². The Kier molecular flexibility index (Phi) is 2.71. The molecule has 0 radical (unpaired) electrons. The van der Waals surface area contributed by atoms with Crippen LogP contribution in [0.1, 0.15) is 19.3 Å². The van der Waals surface area contributed by atoms with Gasteiger partial charge in [-0.25, -0.2) is 0 Å². The highest BCUT2D eigenvalue weighted by molar-refractivity contribution is 9.23. The van der Waals surface area contributed by atoms with Gasteiger partial charge in [0.05, 0.1) is 0 Å². The van der Waals surface area contributed by atoms with Gasteiger partial charge in [-0.3, -0.25) is 12.9 Å². The summed E-state index contributed by atoms with van der Waals surface area (Å²) in [6.07, 6.45) is 4.21. The Hall–Kier alpha value is 0.986. The van der Waals surface area contributed by atoms with E-state index in [-0.39, 0.29) is 18.2 Å². The van der Waals surface area contributed by atoms with Crippen molar-refractivity contribution in [2.75, 3.05) is 0 Å². The molecule has 0 nitrogen and oxygen atoms in total. The number of hydrogen-bond donors (Lipinski definition) is 0. The Bertz CT molecular complexity index is 82.1. The van der Waals surface area contributed by atoms with Crippen LogP contribution in [-0.4, -0.2) is 18.2 Å². The lowest BCUT2D eigenvalue weighted by Gasteiger charge is -2.15. The lowest BCUT2D eigenvalue weighted by molar-refractivity contribution is 0.665. The van der Waals surface area contributed by atoms with Crippen molar-refractivity contribution in [1.82, 2.24) is 0 Å². The van der Waals surface area contributed by atoms with Gasteiger partial charge in [0.15, 0.2) is 0 Å². The molecule has 0 aromatic carbocycles. The van der Waals surface area contributed by atoms with Gasteiger partial charge in [0.1, 0.15) is 0 Å². The van der Waals surface area contributed by atoms with Gasteiger partial charge in [-0.05, 0) is 19.3 Å². The second-order valence-electron chi connectivity index (χ2n) is 1.87. The highest BCUT2D eigenvalue weighted by atomic mass is 79.9. The number of rotatable bonds is 1. The summed E-state index contributed by atoms with van der Waals surface area (Å²) in [4.78, 5) is 0. The highest BCUT2D eigenvalue weighted by Gasteiger charge is 2.05. The smallest absolute Gasteiger partial charge is 0.297 e. The van der Waals surface area contributed by atoms with Crippen LogP contribution in [-0.2, 0) is 0 Å². The van der Waals surface area contributed by atoms with Crippen molar-refractivity contribution < 1.29 is 0 Å². The topological polar surface area (TPSA) is 0 Å². The molecular weight excluding hydrogens is 164 g/mol. The molecule has 0 N–H and O–H groups in total. The Morgan fingerprint density at radius 2 is 2.29 bits per heavy atom. The first-order chi connectivity index (χ1) is 3.43. The zero-order valence-electron chi connectivity index (χ0n) is 4.28. The molecule has 1 aliphatic rings. The van der Waals surface area contributed by atoms with E-state index in [1.807, 2.05) is 0 Å². The molecule has 2 heteroatoms. The molecule has 0 aliphatic heterocycles. The van der Waals surface area contributed by atoms with Crippen LogP contribution < -0.4 is 0 Å². The van der Waals surface area contributed by atoms with Crippen molar-refractivity contribution in [2.45, 2.75) is 19.3 Å². The van der Waals surface area contributed by atoms with Gasteiger partial charge in [-0.15, -0.1) is 5.57 Å². The van der Waals surface area contributed by atoms with E-state index in [1.54, 1.807) is 5.57 Å². The largest absolute Gasteiger partial charge is 0.498 e. The minimum absolute atomic E-state index is 0.0573. The van der Waals surface area contributed by atoms with Crippen LogP contribution in [0.3, 0.4) is 0 Å². The molecule has 0 bridgehead atoms. The van der Waals surface area contributed by atoms with E-state index in [1.165, 1.54) is 19.3 Å². The van der Waals surface area contributed by atoms with Crippen molar-refractivity contribution in [3.8, 4) is 0 Å². The van der Waals surface area contributed by atoms with E-state index in [2.05, 4.69) is 17.1 Å². The summed E-state index contributed by atoms with van der Waals surface area (Å²) in [6.45, 7) is 0. The average molecular weight is 171 g/mol. The first kappa shape index (κ1) is 6.11. The molecule has 1 saturated carbocycles. The van der Waals surface area contributed by atoms with Crippen molar-refractivity contribution in [3.63, 3.8) is 0 Å². The van der Waals surface area contributed by atoms with E-state index in [4.69, 9.17) is 0 Å². The third-order valence-corrected chi connectivity index (χ3v) is 3.06. The Morgan fingerprint density at radius 3 is 2.43 bits per heavy atom. The second kappa shape index (κ2) is 3.10. The van der Waals surface area contributed by atoms with Gasteiger partial charge in [0.25, 0.3) is 0 Å². The van der Waals surface area contributed by atoms with Gasteiger partial charge in [-0.1, -0.05) is 0 Å². The molecule has 1 fully saturated rings. The quantitative estimate of drug-likeness (QED) is 0.530. The third-order valence-electron chi connectivity index (χ3n) is 1.36. The Morgan fingerprint density at radius 1 is 1.57 bits per heavy atom. The van der Waals surface area contributed by atoms with Crippen LogP contribution in [0.15, 0.2) is 9.78 Å². The van der Waals surface area contributed by atoms with E-state index in [9.17, 15) is 0 Å². The first-order valence-electron chi connectivity index (χ1n) is 2.67. The van der Waals surface area contributed by atoms with Crippen molar-refractivity contribution in [3.05, 3.63) is 9.78 Å². The molecule has 0 heterocycles. The van der Waals surface area contributed by atoms with Crippen LogP contribution in [0.5, 0.6) is 0 Å². The molecule has 0 saturated heterocycles. The summed E-state index contributed by atoms with van der Waals surface area (Å²) in [6, 6.07) is 0. The SMILES string of the molecule is [Br][Mg][CH]=C1CCC1. The molecule has 0 unspecified atom stereocenters. The summed E-state index contributed by atoms with van der Waals surface area (Å²) in [5.41, 5.74) is 1.70. The fourth-order valence-corrected chi connectivity index (χ4v) is 2.69. The van der Waals surface area contributed by atoms with E-state index in [0.29, 0.717) is 0 Å². The highest BCUT2D eigenvalue weighted by Crippen LogP contribution is 2.24. The van der Waals surface area contributed by atoms with E-state index >= 15 is 0 Å². The molecule has 0 amide bonds. The molecule has 1 aliphatic carbocycles. The molecule has 0 aromatic heterocycles. The van der Waals surface area contributed by atoms with E-state index in [0.717, 1.165) is 0 Å². The molecule has 0 aromatic rings. The van der Waals surface area contributed by atoms with Crippen LogP contribution in [0.25, 0.3) is 0 Å². The predicted octanol–water partition coefficient (Wildman–Crippen LogP) is 2.07. The maximum absolute atomic E-state index is 3.49. The minimum atomic E-state index is 0.0573. The third kappa shape index (κ3) is 1.74. The lowest BCUT2D eigenvalue weighted by atomic mass is 9.94. The molecule has 7 heavy (non-hydrogen) atoms. The zero-order chi connectivity index (χ0) is 5.11. The monoisotopic (exact) mass is 170 g/mol. The molecule has 0 spiro atoms. The van der Waals surface area contributed by atoms with Gasteiger partial charge >= 0.3 is 18.2 Å². The normalized spacial score (nSPS) is 17.6. The van der Waals surface area contributed by atoms with Crippen LogP contribution in [0.4, 0.5) is 0 Å². The fraction of sp³-hybridized carbons (Fsp3) is 0.600. The number of halogens is 1. The van der Waals surface area contributed by atoms with Gasteiger partial charge in [0, 0.05) is 0 Å². The van der Waals surface area contributed by atoms with Crippen molar-refractivity contribution in [1.29, 1.82) is 0 Å². The van der Waals surface area contributed by atoms with Gasteiger partial charge in [0.2, 0.25) is 0 Å². The standard InChI is InChI=1S/C5H7.BrH.Mg/c1-5-3-2-4-5;;/h1H,2-4H2;1H;/q;;+1/p-1. The average Bonchev–Trinajstić information content (AvgIpc) is 1.55. The summed E-state index contributed by atoms with van der Waals surface area (Å²) >= 11 is 3.54. The number of hydrogen-bond acceptors (Lipinski definition) is 0. The summed E-state index contributed by atoms with van der Waals surface area (Å²) in [7, 11) is 0. The molecule has 1 rings (SSSR count). The molecular formula is C5H7BrMg. The summed E-state index contributed by atoms with van der Waals surface area (Å²) in [5, 5.41) is 0. The maximum Gasteiger partial charge on any atom is 0.498 e. The molecule has 0 atom stereocenters.